The molecule has 3 rings (SSSR count). The van der Waals surface area contributed by atoms with E-state index in [0.29, 0.717) is 12.1 Å². The Bertz CT molecular complexity index is 1060. The number of hydrogen-bond acceptors (Lipinski definition) is 5. The molecule has 11 heteroatoms. The molecule has 1 heterocycles. The summed E-state index contributed by atoms with van der Waals surface area (Å²) in [7, 11) is -3.99. The van der Waals surface area contributed by atoms with Crippen LogP contribution in [0.4, 0.5) is 10.1 Å². The van der Waals surface area contributed by atoms with Crippen molar-refractivity contribution in [2.45, 2.75) is 30.8 Å². The van der Waals surface area contributed by atoms with Gasteiger partial charge in [0.25, 0.3) is 15.9 Å². The molecule has 0 bridgehead atoms. The first-order chi connectivity index (χ1) is 14.7. The summed E-state index contributed by atoms with van der Waals surface area (Å²) in [4.78, 5) is 12.4. The maximum Gasteiger partial charge on any atom is 0.269 e. The zero-order chi connectivity index (χ0) is 22.4. The monoisotopic (exact) mass is 466 g/mol. The summed E-state index contributed by atoms with van der Waals surface area (Å²) >= 11 is 5.12. The third-order valence-electron chi connectivity index (χ3n) is 4.64. The molecule has 166 valence electrons. The van der Waals surface area contributed by atoms with Gasteiger partial charge in [0.15, 0.2) is 5.11 Å². The van der Waals surface area contributed by atoms with Crippen molar-refractivity contribution in [2.24, 2.45) is 0 Å². The van der Waals surface area contributed by atoms with E-state index in [0.717, 1.165) is 31.6 Å². The van der Waals surface area contributed by atoms with Gasteiger partial charge in [0.1, 0.15) is 5.82 Å². The van der Waals surface area contributed by atoms with Crippen LogP contribution in [-0.2, 0) is 14.8 Å². The fourth-order valence-corrected chi connectivity index (χ4v) is 4.47. The lowest BCUT2D eigenvalue weighted by Gasteiger charge is -2.15. The van der Waals surface area contributed by atoms with Gasteiger partial charge in [-0.3, -0.25) is 20.4 Å². The van der Waals surface area contributed by atoms with Gasteiger partial charge < -0.3 is 10.1 Å². The first-order valence-electron chi connectivity index (χ1n) is 9.59. The van der Waals surface area contributed by atoms with Crippen LogP contribution < -0.4 is 20.9 Å². The molecule has 1 saturated heterocycles. The molecule has 1 fully saturated rings. The van der Waals surface area contributed by atoms with Crippen LogP contribution >= 0.6 is 12.2 Å². The largest absolute Gasteiger partial charge is 0.376 e. The van der Waals surface area contributed by atoms with Crippen LogP contribution in [0.3, 0.4) is 0 Å². The summed E-state index contributed by atoms with van der Waals surface area (Å²) in [5, 5.41) is 3.18. The van der Waals surface area contributed by atoms with Gasteiger partial charge in [-0.2, -0.15) is 0 Å². The molecule has 0 spiro atoms. The SMILES string of the molecule is Cc1ccc(C(=O)NNC(=S)NC[C@@H]2CCCO2)cc1S(=O)(=O)Nc1ccc(F)cc1. The number of carbonyl (C=O) groups excluding carboxylic acids is 1. The summed E-state index contributed by atoms with van der Waals surface area (Å²) in [6, 6.07) is 9.22. The van der Waals surface area contributed by atoms with Crippen molar-refractivity contribution in [3.05, 3.63) is 59.4 Å². The van der Waals surface area contributed by atoms with Crippen molar-refractivity contribution in [2.75, 3.05) is 17.9 Å². The zero-order valence-corrected chi connectivity index (χ0v) is 18.4. The van der Waals surface area contributed by atoms with E-state index in [9.17, 15) is 17.6 Å². The number of carbonyl (C=O) groups is 1. The average molecular weight is 467 g/mol. The molecule has 31 heavy (non-hydrogen) atoms. The number of ether oxygens (including phenoxy) is 1. The van der Waals surface area contributed by atoms with Gasteiger partial charge in [-0.05, 0) is 73.9 Å². The topological polar surface area (TPSA) is 109 Å². The Morgan fingerprint density at radius 3 is 2.61 bits per heavy atom. The molecule has 1 aliphatic heterocycles. The Balaban J connectivity index is 1.63. The number of sulfonamides is 1. The van der Waals surface area contributed by atoms with E-state index in [2.05, 4.69) is 20.9 Å². The van der Waals surface area contributed by atoms with Crippen LogP contribution in [-0.4, -0.2) is 38.7 Å². The molecule has 0 aromatic heterocycles. The van der Waals surface area contributed by atoms with E-state index in [1.165, 1.54) is 30.3 Å². The summed E-state index contributed by atoms with van der Waals surface area (Å²) < 4.78 is 46.4. The standard InChI is InChI=1S/C20H23FN4O4S2/c1-13-4-5-14(19(26)23-24-20(30)22-12-17-3-2-10-29-17)11-18(13)31(27,28)25-16-8-6-15(21)7-9-16/h4-9,11,17,25H,2-3,10,12H2,1H3,(H,23,26)(H2,22,24,30)/t17-/m0/s1. The van der Waals surface area contributed by atoms with Crippen LogP contribution in [0.15, 0.2) is 47.4 Å². The number of benzene rings is 2. The summed E-state index contributed by atoms with van der Waals surface area (Å²) in [6.07, 6.45) is 2.06. The predicted octanol–water partition coefficient (Wildman–Crippen LogP) is 2.22. The van der Waals surface area contributed by atoms with Crippen LogP contribution in [0.2, 0.25) is 0 Å². The van der Waals surface area contributed by atoms with Gasteiger partial charge in [0.2, 0.25) is 0 Å². The Kier molecular flexibility index (Phi) is 7.42. The van der Waals surface area contributed by atoms with E-state index < -0.39 is 21.7 Å². The van der Waals surface area contributed by atoms with E-state index >= 15 is 0 Å². The van der Waals surface area contributed by atoms with Crippen molar-refractivity contribution in [3.63, 3.8) is 0 Å². The quantitative estimate of drug-likeness (QED) is 0.382. The second kappa shape index (κ2) is 10.0. The van der Waals surface area contributed by atoms with E-state index in [-0.39, 0.29) is 27.4 Å². The molecule has 2 aromatic carbocycles. The second-order valence-corrected chi connectivity index (χ2v) is 9.08. The number of thiocarbonyl (C=S) groups is 1. The van der Waals surface area contributed by atoms with Gasteiger partial charge in [0, 0.05) is 24.4 Å². The molecule has 0 aliphatic carbocycles. The molecule has 4 N–H and O–H groups in total. The summed E-state index contributed by atoms with van der Waals surface area (Å²) in [6.45, 7) is 2.88. The van der Waals surface area contributed by atoms with Gasteiger partial charge in [-0.15, -0.1) is 0 Å². The van der Waals surface area contributed by atoms with Crippen molar-refractivity contribution in [1.29, 1.82) is 0 Å². The lowest BCUT2D eigenvalue weighted by Crippen LogP contribution is -2.48. The summed E-state index contributed by atoms with van der Waals surface area (Å²) in [5.41, 5.74) is 5.81. The zero-order valence-electron chi connectivity index (χ0n) is 16.8. The molecule has 0 saturated carbocycles. The highest BCUT2D eigenvalue weighted by atomic mass is 32.2. The Hall–Kier alpha value is -2.76. The van der Waals surface area contributed by atoms with Crippen molar-refractivity contribution >= 4 is 38.9 Å². The van der Waals surface area contributed by atoms with E-state index in [4.69, 9.17) is 17.0 Å². The van der Waals surface area contributed by atoms with Crippen LogP contribution in [0.25, 0.3) is 0 Å². The Morgan fingerprint density at radius 2 is 1.94 bits per heavy atom. The van der Waals surface area contributed by atoms with E-state index in [1.807, 2.05) is 0 Å². The van der Waals surface area contributed by atoms with Crippen LogP contribution in [0.1, 0.15) is 28.8 Å². The van der Waals surface area contributed by atoms with Gasteiger partial charge in [-0.25, -0.2) is 12.8 Å². The third kappa shape index (κ3) is 6.36. The van der Waals surface area contributed by atoms with Gasteiger partial charge in [0.05, 0.1) is 11.0 Å². The molecular formula is C20H23FN4O4S2. The highest BCUT2D eigenvalue weighted by Crippen LogP contribution is 2.21. The lowest BCUT2D eigenvalue weighted by atomic mass is 10.1. The number of hydrazine groups is 1. The molecule has 1 amide bonds. The smallest absolute Gasteiger partial charge is 0.269 e. The van der Waals surface area contributed by atoms with Crippen molar-refractivity contribution in [1.82, 2.24) is 16.2 Å². The highest BCUT2D eigenvalue weighted by molar-refractivity contribution is 7.92. The number of nitrogens with one attached hydrogen (secondary N) is 4. The first-order valence-corrected chi connectivity index (χ1v) is 11.5. The van der Waals surface area contributed by atoms with Crippen LogP contribution in [0.5, 0.6) is 0 Å². The number of hydrogen-bond donors (Lipinski definition) is 4. The minimum Gasteiger partial charge on any atom is -0.376 e. The molecule has 1 atom stereocenters. The number of rotatable bonds is 6. The first kappa shape index (κ1) is 22.9. The molecule has 8 nitrogen and oxygen atoms in total. The second-order valence-electron chi connectivity index (χ2n) is 7.02. The maximum atomic E-state index is 13.1. The number of halogens is 1. The van der Waals surface area contributed by atoms with E-state index in [1.54, 1.807) is 6.92 Å². The minimum atomic E-state index is -3.99. The lowest BCUT2D eigenvalue weighted by molar-refractivity contribution is 0.0943. The maximum absolute atomic E-state index is 13.1. The van der Waals surface area contributed by atoms with Gasteiger partial charge >= 0.3 is 0 Å². The average Bonchev–Trinajstić information content (AvgIpc) is 3.26. The van der Waals surface area contributed by atoms with Gasteiger partial charge in [-0.1, -0.05) is 6.07 Å². The van der Waals surface area contributed by atoms with Crippen molar-refractivity contribution in [3.8, 4) is 0 Å². The third-order valence-corrected chi connectivity index (χ3v) is 6.41. The van der Waals surface area contributed by atoms with Crippen molar-refractivity contribution < 1.29 is 22.3 Å². The number of amides is 1. The molecule has 1 aliphatic rings. The fraction of sp³-hybridized carbons (Fsp3) is 0.300. The number of aryl methyl sites for hydroxylation is 1. The molecule has 2 aromatic rings. The fourth-order valence-electron chi connectivity index (χ4n) is 3.00. The normalized spacial score (nSPS) is 15.9. The molecular weight excluding hydrogens is 443 g/mol. The van der Waals surface area contributed by atoms with Crippen LogP contribution in [0, 0.1) is 12.7 Å². The minimum absolute atomic E-state index is 0.0661. The predicted molar refractivity (Wildman–Crippen MR) is 119 cm³/mol. The Morgan fingerprint density at radius 1 is 1.19 bits per heavy atom. The molecule has 0 unspecified atom stereocenters. The Labute approximate surface area is 185 Å². The number of anilines is 1. The summed E-state index contributed by atoms with van der Waals surface area (Å²) in [5.74, 6) is -1.03. The highest BCUT2D eigenvalue weighted by Gasteiger charge is 2.20. The molecule has 0 radical (unpaired) electrons.